The summed E-state index contributed by atoms with van der Waals surface area (Å²) in [4.78, 5) is 0. The van der Waals surface area contributed by atoms with E-state index in [1.54, 1.807) is 0 Å². The highest BCUT2D eigenvalue weighted by Crippen LogP contribution is 2.22. The van der Waals surface area contributed by atoms with Crippen molar-refractivity contribution in [2.75, 3.05) is 6.54 Å². The van der Waals surface area contributed by atoms with Crippen molar-refractivity contribution in [1.82, 2.24) is 15.5 Å². The van der Waals surface area contributed by atoms with Crippen molar-refractivity contribution in [2.24, 2.45) is 5.92 Å². The molecule has 2 atom stereocenters. The number of ether oxygens (including phenoxy) is 2. The molecule has 0 radical (unpaired) electrons. The van der Waals surface area contributed by atoms with Crippen LogP contribution in [0.2, 0.25) is 0 Å². The van der Waals surface area contributed by atoms with Gasteiger partial charge in [0.2, 0.25) is 5.88 Å². The van der Waals surface area contributed by atoms with Gasteiger partial charge in [0.05, 0.1) is 17.9 Å². The van der Waals surface area contributed by atoms with Gasteiger partial charge >= 0.3 is 0 Å². The average molecular weight is 293 g/mol. The molecular weight excluding hydrogens is 266 g/mol. The molecule has 1 fully saturated rings. The van der Waals surface area contributed by atoms with Crippen molar-refractivity contribution in [2.45, 2.75) is 65.4 Å². The van der Waals surface area contributed by atoms with E-state index < -0.39 is 0 Å². The van der Waals surface area contributed by atoms with Crippen molar-refractivity contribution in [1.29, 1.82) is 0 Å². The first kappa shape index (κ1) is 16.2. The molecule has 1 aromatic heterocycles. The number of nitrogens with zero attached hydrogens (tertiary/aromatic N) is 2. The third-order valence-corrected chi connectivity index (χ3v) is 3.50. The Bertz CT molecular complexity index is 412. The molecule has 118 valence electrons. The lowest BCUT2D eigenvalue weighted by molar-refractivity contribution is -0.0731. The summed E-state index contributed by atoms with van der Waals surface area (Å²) < 4.78 is 11.6. The van der Waals surface area contributed by atoms with Gasteiger partial charge in [-0.1, -0.05) is 13.8 Å². The molecule has 2 heterocycles. The van der Waals surface area contributed by atoms with E-state index in [0.717, 1.165) is 31.6 Å². The van der Waals surface area contributed by atoms with Crippen LogP contribution in [0.25, 0.3) is 0 Å². The van der Waals surface area contributed by atoms with Crippen LogP contribution in [-0.4, -0.2) is 35.1 Å². The van der Waals surface area contributed by atoms with Gasteiger partial charge in [-0.05, 0) is 32.4 Å². The Hall–Kier alpha value is -1.20. The zero-order valence-corrected chi connectivity index (χ0v) is 13.5. The zero-order valence-electron chi connectivity index (χ0n) is 13.5. The van der Waals surface area contributed by atoms with Gasteiger partial charge < -0.3 is 14.8 Å². The second kappa shape index (κ2) is 7.71. The van der Waals surface area contributed by atoms with E-state index in [2.05, 4.69) is 43.2 Å². The molecule has 0 bridgehead atoms. The summed E-state index contributed by atoms with van der Waals surface area (Å²) >= 11 is 0. The monoisotopic (exact) mass is 293 g/mol. The molecule has 5 nitrogen and oxygen atoms in total. The SMILES string of the molecule is CC(C)CNCc1ccc(OC2CC(C)OC(C)C2)nn1. The molecule has 0 aromatic carbocycles. The van der Waals surface area contributed by atoms with Crippen LogP contribution >= 0.6 is 0 Å². The van der Waals surface area contributed by atoms with E-state index in [1.165, 1.54) is 0 Å². The number of nitrogens with one attached hydrogen (secondary N) is 1. The molecule has 21 heavy (non-hydrogen) atoms. The molecule has 1 N–H and O–H groups in total. The normalized spacial score (nSPS) is 26.0. The van der Waals surface area contributed by atoms with Crippen molar-refractivity contribution in [3.8, 4) is 5.88 Å². The van der Waals surface area contributed by atoms with E-state index in [-0.39, 0.29) is 18.3 Å². The Balaban J connectivity index is 1.81. The van der Waals surface area contributed by atoms with Crippen LogP contribution in [0.15, 0.2) is 12.1 Å². The molecule has 2 unspecified atom stereocenters. The van der Waals surface area contributed by atoms with E-state index in [4.69, 9.17) is 9.47 Å². The Morgan fingerprint density at radius 1 is 1.24 bits per heavy atom. The van der Waals surface area contributed by atoms with E-state index in [9.17, 15) is 0 Å². The largest absolute Gasteiger partial charge is 0.473 e. The van der Waals surface area contributed by atoms with Crippen LogP contribution in [0.5, 0.6) is 5.88 Å². The van der Waals surface area contributed by atoms with Gasteiger partial charge in [0, 0.05) is 25.5 Å². The molecule has 1 aromatic rings. The van der Waals surface area contributed by atoms with Crippen LogP contribution in [0.3, 0.4) is 0 Å². The lowest BCUT2D eigenvalue weighted by atomic mass is 10.0. The van der Waals surface area contributed by atoms with Crippen molar-refractivity contribution < 1.29 is 9.47 Å². The molecule has 5 heteroatoms. The van der Waals surface area contributed by atoms with Crippen molar-refractivity contribution in [3.05, 3.63) is 17.8 Å². The molecule has 0 saturated carbocycles. The van der Waals surface area contributed by atoms with Gasteiger partial charge in [-0.2, -0.15) is 5.10 Å². The minimum absolute atomic E-state index is 0.169. The minimum atomic E-state index is 0.169. The highest BCUT2D eigenvalue weighted by Gasteiger charge is 2.26. The first-order valence-electron chi connectivity index (χ1n) is 7.88. The van der Waals surface area contributed by atoms with E-state index in [0.29, 0.717) is 11.8 Å². The highest BCUT2D eigenvalue weighted by molar-refractivity contribution is 5.12. The summed E-state index contributed by atoms with van der Waals surface area (Å²) in [7, 11) is 0. The number of aromatic nitrogens is 2. The van der Waals surface area contributed by atoms with Gasteiger partial charge in [0.25, 0.3) is 0 Å². The fourth-order valence-corrected chi connectivity index (χ4v) is 2.61. The Morgan fingerprint density at radius 2 is 1.95 bits per heavy atom. The molecule has 0 amide bonds. The van der Waals surface area contributed by atoms with Crippen LogP contribution < -0.4 is 10.1 Å². The minimum Gasteiger partial charge on any atom is -0.473 e. The molecule has 1 aliphatic rings. The maximum Gasteiger partial charge on any atom is 0.233 e. The predicted molar refractivity (Wildman–Crippen MR) is 82.2 cm³/mol. The predicted octanol–water partition coefficient (Wildman–Crippen LogP) is 2.56. The van der Waals surface area contributed by atoms with Gasteiger partial charge in [-0.15, -0.1) is 5.10 Å². The summed E-state index contributed by atoms with van der Waals surface area (Å²) in [6.07, 6.45) is 2.47. The second-order valence-electron chi connectivity index (χ2n) is 6.36. The van der Waals surface area contributed by atoms with Crippen LogP contribution in [-0.2, 0) is 11.3 Å². The fourth-order valence-electron chi connectivity index (χ4n) is 2.61. The van der Waals surface area contributed by atoms with Crippen molar-refractivity contribution in [3.63, 3.8) is 0 Å². The maximum absolute atomic E-state index is 5.92. The lowest BCUT2D eigenvalue weighted by Crippen LogP contribution is -2.35. The molecular formula is C16H27N3O2. The molecule has 1 saturated heterocycles. The molecule has 0 spiro atoms. The topological polar surface area (TPSA) is 56.3 Å². The average Bonchev–Trinajstić information content (AvgIpc) is 2.39. The summed E-state index contributed by atoms with van der Waals surface area (Å²) in [6.45, 7) is 10.3. The Kier molecular flexibility index (Phi) is 5.94. The fraction of sp³-hybridized carbons (Fsp3) is 0.750. The number of hydrogen-bond acceptors (Lipinski definition) is 5. The van der Waals surface area contributed by atoms with Crippen molar-refractivity contribution >= 4 is 0 Å². The van der Waals surface area contributed by atoms with Crippen LogP contribution in [0, 0.1) is 5.92 Å². The summed E-state index contributed by atoms with van der Waals surface area (Å²) in [5, 5.41) is 11.7. The smallest absolute Gasteiger partial charge is 0.233 e. The first-order valence-corrected chi connectivity index (χ1v) is 7.88. The summed E-state index contributed by atoms with van der Waals surface area (Å²) in [6, 6.07) is 3.88. The zero-order chi connectivity index (χ0) is 15.2. The maximum atomic E-state index is 5.92. The second-order valence-corrected chi connectivity index (χ2v) is 6.36. The Morgan fingerprint density at radius 3 is 2.52 bits per heavy atom. The van der Waals surface area contributed by atoms with E-state index >= 15 is 0 Å². The third-order valence-electron chi connectivity index (χ3n) is 3.50. The summed E-state index contributed by atoms with van der Waals surface area (Å²) in [5.74, 6) is 1.24. The first-order chi connectivity index (χ1) is 10.0. The highest BCUT2D eigenvalue weighted by atomic mass is 16.5. The third kappa shape index (κ3) is 5.59. The lowest BCUT2D eigenvalue weighted by Gasteiger charge is -2.31. The number of rotatable bonds is 6. The number of hydrogen-bond donors (Lipinski definition) is 1. The van der Waals surface area contributed by atoms with Gasteiger partial charge in [-0.25, -0.2) is 0 Å². The molecule has 0 aliphatic carbocycles. The standard InChI is InChI=1S/C16H27N3O2/c1-11(2)9-17-10-14-5-6-16(19-18-14)21-15-7-12(3)20-13(4)8-15/h5-6,11-13,15,17H,7-10H2,1-4H3. The van der Waals surface area contributed by atoms with E-state index in [1.807, 2.05) is 12.1 Å². The van der Waals surface area contributed by atoms with Gasteiger partial charge in [0.1, 0.15) is 6.10 Å². The molecule has 2 rings (SSSR count). The summed E-state index contributed by atoms with van der Waals surface area (Å²) in [5.41, 5.74) is 0.941. The quantitative estimate of drug-likeness (QED) is 0.873. The van der Waals surface area contributed by atoms with Crippen LogP contribution in [0.4, 0.5) is 0 Å². The van der Waals surface area contributed by atoms with Gasteiger partial charge in [-0.3, -0.25) is 0 Å². The van der Waals surface area contributed by atoms with Gasteiger partial charge in [0.15, 0.2) is 0 Å². The Labute approximate surface area is 127 Å². The van der Waals surface area contributed by atoms with Crippen LogP contribution in [0.1, 0.15) is 46.2 Å². The molecule has 1 aliphatic heterocycles.